The van der Waals surface area contributed by atoms with Gasteiger partial charge in [0, 0.05) is 52.0 Å². The maximum atomic E-state index is 12.6. The van der Waals surface area contributed by atoms with Gasteiger partial charge in [0.25, 0.3) is 5.91 Å². The predicted octanol–water partition coefficient (Wildman–Crippen LogP) is 1.38. The molecule has 0 aliphatic carbocycles. The third-order valence-electron chi connectivity index (χ3n) is 5.12. The van der Waals surface area contributed by atoms with E-state index in [1.54, 1.807) is 0 Å². The summed E-state index contributed by atoms with van der Waals surface area (Å²) in [4.78, 5) is 19.0. The largest absolute Gasteiger partial charge is 0.368 e. The normalized spacial score (nSPS) is 18.0. The number of carbonyl (C=O) groups is 1. The summed E-state index contributed by atoms with van der Waals surface area (Å²) in [5.41, 5.74) is 1.25. The van der Waals surface area contributed by atoms with Crippen LogP contribution in [0.4, 0.5) is 11.6 Å². The molecule has 0 N–H and O–H groups in total. The molecule has 0 radical (unpaired) electrons. The molecular weight excluding hydrogens is 316 g/mol. The lowest BCUT2D eigenvalue weighted by atomic mass is 10.2. The quantitative estimate of drug-likeness (QED) is 0.845. The van der Waals surface area contributed by atoms with Crippen molar-refractivity contribution in [3.63, 3.8) is 0 Å². The maximum Gasteiger partial charge on any atom is 0.291 e. The lowest BCUT2D eigenvalue weighted by Gasteiger charge is -2.36. The van der Waals surface area contributed by atoms with Gasteiger partial charge in [-0.15, -0.1) is 10.2 Å². The van der Waals surface area contributed by atoms with Crippen LogP contribution in [0.25, 0.3) is 0 Å². The summed E-state index contributed by atoms with van der Waals surface area (Å²) < 4.78 is 1.85. The highest BCUT2D eigenvalue weighted by molar-refractivity contribution is 5.91. The zero-order valence-corrected chi connectivity index (χ0v) is 14.6. The van der Waals surface area contributed by atoms with Crippen LogP contribution in [0.1, 0.15) is 23.5 Å². The van der Waals surface area contributed by atoms with Crippen LogP contribution < -0.4 is 9.80 Å². The minimum atomic E-state index is 0.00155. The first-order chi connectivity index (χ1) is 12.2. The molecule has 4 rings (SSSR count). The van der Waals surface area contributed by atoms with Gasteiger partial charge in [-0.3, -0.25) is 9.36 Å². The van der Waals surface area contributed by atoms with Crippen molar-refractivity contribution in [1.82, 2.24) is 19.7 Å². The van der Waals surface area contributed by atoms with Gasteiger partial charge >= 0.3 is 0 Å². The number of piperazine rings is 1. The molecule has 1 aromatic carbocycles. The molecule has 7 heteroatoms. The molecule has 1 amide bonds. The number of para-hydroxylation sites is 1. The minimum absolute atomic E-state index is 0.00155. The lowest BCUT2D eigenvalue weighted by Crippen LogP contribution is -2.47. The number of aromatic nitrogens is 3. The first-order valence-corrected chi connectivity index (χ1v) is 8.97. The number of rotatable bonds is 3. The average molecular weight is 340 g/mol. The zero-order valence-electron chi connectivity index (χ0n) is 14.6. The smallest absolute Gasteiger partial charge is 0.291 e. The van der Waals surface area contributed by atoms with E-state index in [-0.39, 0.29) is 5.91 Å². The van der Waals surface area contributed by atoms with Crippen LogP contribution in [0.15, 0.2) is 30.3 Å². The number of benzene rings is 1. The van der Waals surface area contributed by atoms with Crippen LogP contribution in [0, 0.1) is 0 Å². The summed E-state index contributed by atoms with van der Waals surface area (Å²) in [6.45, 7) is 5.28. The molecule has 0 unspecified atom stereocenters. The Morgan fingerprint density at radius 2 is 1.52 bits per heavy atom. The van der Waals surface area contributed by atoms with E-state index in [9.17, 15) is 4.79 Å². The van der Waals surface area contributed by atoms with Crippen molar-refractivity contribution in [3.8, 4) is 0 Å². The summed E-state index contributed by atoms with van der Waals surface area (Å²) in [5, 5.41) is 8.48. The molecule has 2 aliphatic heterocycles. The Kier molecular flexibility index (Phi) is 4.29. The van der Waals surface area contributed by atoms with E-state index in [1.807, 2.05) is 22.6 Å². The van der Waals surface area contributed by atoms with Crippen LogP contribution in [-0.4, -0.2) is 64.8 Å². The molecule has 7 nitrogen and oxygen atoms in total. The molecule has 0 spiro atoms. The first-order valence-electron chi connectivity index (χ1n) is 8.97. The molecule has 2 saturated heterocycles. The molecule has 2 fully saturated rings. The number of anilines is 2. The van der Waals surface area contributed by atoms with E-state index in [0.717, 1.165) is 58.1 Å². The van der Waals surface area contributed by atoms with E-state index in [2.05, 4.69) is 44.3 Å². The zero-order chi connectivity index (χ0) is 17.2. The van der Waals surface area contributed by atoms with Crippen molar-refractivity contribution in [3.05, 3.63) is 36.2 Å². The van der Waals surface area contributed by atoms with Crippen LogP contribution in [0.5, 0.6) is 0 Å². The second kappa shape index (κ2) is 6.74. The Morgan fingerprint density at radius 3 is 2.20 bits per heavy atom. The third-order valence-corrected chi connectivity index (χ3v) is 5.12. The molecule has 2 aromatic rings. The molecule has 1 aromatic heterocycles. The van der Waals surface area contributed by atoms with Crippen molar-refractivity contribution in [2.24, 2.45) is 7.05 Å². The van der Waals surface area contributed by atoms with Gasteiger partial charge in [-0.05, 0) is 25.0 Å². The molecule has 0 atom stereocenters. The van der Waals surface area contributed by atoms with Crippen molar-refractivity contribution in [2.45, 2.75) is 12.8 Å². The fourth-order valence-corrected chi connectivity index (χ4v) is 3.65. The second-order valence-electron chi connectivity index (χ2n) is 6.69. The SMILES string of the molecule is Cn1c(C(=O)N2CCCC2)nnc1N1CCN(c2ccccc2)CC1. The first kappa shape index (κ1) is 15.9. The number of carbonyl (C=O) groups excluding carboxylic acids is 1. The highest BCUT2D eigenvalue weighted by atomic mass is 16.2. The van der Waals surface area contributed by atoms with Crippen molar-refractivity contribution < 1.29 is 4.79 Å². The van der Waals surface area contributed by atoms with Gasteiger partial charge < -0.3 is 14.7 Å². The van der Waals surface area contributed by atoms with Crippen molar-refractivity contribution in [1.29, 1.82) is 0 Å². The van der Waals surface area contributed by atoms with Gasteiger partial charge in [-0.2, -0.15) is 0 Å². The summed E-state index contributed by atoms with van der Waals surface area (Å²) in [6, 6.07) is 10.5. The molecule has 2 aliphatic rings. The minimum Gasteiger partial charge on any atom is -0.368 e. The summed E-state index contributed by atoms with van der Waals surface area (Å²) >= 11 is 0. The molecule has 132 valence electrons. The standard InChI is InChI=1S/C18H24N6O/c1-21-16(17(25)23-9-5-6-10-23)19-20-18(21)24-13-11-22(12-14-24)15-7-3-2-4-8-15/h2-4,7-8H,5-6,9-14H2,1H3. The molecule has 0 bridgehead atoms. The summed E-state index contributed by atoms with van der Waals surface area (Å²) in [6.07, 6.45) is 2.16. The average Bonchev–Trinajstić information content (AvgIpc) is 3.32. The van der Waals surface area contributed by atoms with Gasteiger partial charge in [0.1, 0.15) is 0 Å². The van der Waals surface area contributed by atoms with Gasteiger partial charge in [0.2, 0.25) is 11.8 Å². The predicted molar refractivity (Wildman–Crippen MR) is 97.0 cm³/mol. The lowest BCUT2D eigenvalue weighted by molar-refractivity contribution is 0.0776. The van der Waals surface area contributed by atoms with Crippen molar-refractivity contribution >= 4 is 17.5 Å². The second-order valence-corrected chi connectivity index (χ2v) is 6.69. The van der Waals surface area contributed by atoms with E-state index in [1.165, 1.54) is 5.69 Å². The highest BCUT2D eigenvalue weighted by Crippen LogP contribution is 2.20. The van der Waals surface area contributed by atoms with E-state index in [4.69, 9.17) is 0 Å². The van der Waals surface area contributed by atoms with Crippen molar-refractivity contribution in [2.75, 3.05) is 49.1 Å². The number of amides is 1. The maximum absolute atomic E-state index is 12.6. The molecular formula is C18H24N6O. The Balaban J connectivity index is 1.44. The highest BCUT2D eigenvalue weighted by Gasteiger charge is 2.27. The van der Waals surface area contributed by atoms with Gasteiger partial charge in [0.05, 0.1) is 0 Å². The Bertz CT molecular complexity index is 729. The number of hydrogen-bond donors (Lipinski definition) is 0. The van der Waals surface area contributed by atoms with E-state index in [0.29, 0.717) is 5.82 Å². The van der Waals surface area contributed by atoms with E-state index >= 15 is 0 Å². The Morgan fingerprint density at radius 1 is 0.880 bits per heavy atom. The van der Waals surface area contributed by atoms with E-state index < -0.39 is 0 Å². The number of hydrogen-bond acceptors (Lipinski definition) is 5. The fourth-order valence-electron chi connectivity index (χ4n) is 3.65. The summed E-state index contributed by atoms with van der Waals surface area (Å²) in [7, 11) is 1.89. The van der Waals surface area contributed by atoms with Crippen LogP contribution >= 0.6 is 0 Å². The Labute approximate surface area is 147 Å². The fraction of sp³-hybridized carbons (Fsp3) is 0.500. The topological polar surface area (TPSA) is 57.5 Å². The third kappa shape index (κ3) is 3.06. The monoisotopic (exact) mass is 340 g/mol. The van der Waals surface area contributed by atoms with Crippen LogP contribution in [0.3, 0.4) is 0 Å². The van der Waals surface area contributed by atoms with Gasteiger partial charge in [-0.25, -0.2) is 0 Å². The van der Waals surface area contributed by atoms with Crippen LogP contribution in [0.2, 0.25) is 0 Å². The molecule has 3 heterocycles. The van der Waals surface area contributed by atoms with Gasteiger partial charge in [0.15, 0.2) is 0 Å². The Hall–Kier alpha value is -2.57. The summed E-state index contributed by atoms with van der Waals surface area (Å²) in [5.74, 6) is 1.24. The number of likely N-dealkylation sites (tertiary alicyclic amines) is 1. The molecule has 25 heavy (non-hydrogen) atoms. The molecule has 0 saturated carbocycles. The number of nitrogens with zero attached hydrogens (tertiary/aromatic N) is 6. The van der Waals surface area contributed by atoms with Gasteiger partial charge in [-0.1, -0.05) is 18.2 Å². The van der Waals surface area contributed by atoms with Crippen LogP contribution in [-0.2, 0) is 7.05 Å².